The van der Waals surface area contributed by atoms with Crippen molar-refractivity contribution in [3.8, 4) is 0 Å². The number of hydrogen-bond donors (Lipinski definition) is 1. The van der Waals surface area contributed by atoms with Gasteiger partial charge in [-0.05, 0) is 25.0 Å². The number of nitrogens with two attached hydrogens (primary N) is 1. The van der Waals surface area contributed by atoms with Gasteiger partial charge >= 0.3 is 0 Å². The molecule has 0 bridgehead atoms. The number of thioether (sulfide) groups is 1. The molecule has 7 heteroatoms. The van der Waals surface area contributed by atoms with Crippen molar-refractivity contribution >= 4 is 39.0 Å². The van der Waals surface area contributed by atoms with Gasteiger partial charge in [-0.3, -0.25) is 0 Å². The maximum absolute atomic E-state index is 12.1. The molecule has 0 aromatic carbocycles. The summed E-state index contributed by atoms with van der Waals surface area (Å²) in [6.45, 7) is 4.88. The predicted octanol–water partition coefficient (Wildman–Crippen LogP) is 1.46. The van der Waals surface area contributed by atoms with E-state index in [1.807, 2.05) is 20.1 Å². The average Bonchev–Trinajstić information content (AvgIpc) is 2.27. The third kappa shape index (κ3) is 3.59. The molecule has 0 saturated carbocycles. The molecule has 0 aromatic rings. The number of rotatable bonds is 5. The fourth-order valence-electron chi connectivity index (χ4n) is 2.20. The Morgan fingerprint density at radius 1 is 1.44 bits per heavy atom. The third-order valence-electron chi connectivity index (χ3n) is 3.31. The van der Waals surface area contributed by atoms with E-state index in [1.165, 1.54) is 0 Å². The number of hydrogen-bond acceptors (Lipinski definition) is 4. The second-order valence-electron chi connectivity index (χ2n) is 5.13. The van der Waals surface area contributed by atoms with Gasteiger partial charge < -0.3 is 5.73 Å². The van der Waals surface area contributed by atoms with Gasteiger partial charge in [0.2, 0.25) is 10.0 Å². The second-order valence-corrected chi connectivity index (χ2v) is 8.78. The molecule has 1 rings (SSSR count). The van der Waals surface area contributed by atoms with Crippen LogP contribution < -0.4 is 5.73 Å². The van der Waals surface area contributed by atoms with Crippen molar-refractivity contribution in [2.45, 2.75) is 31.4 Å². The van der Waals surface area contributed by atoms with Gasteiger partial charge in [0.15, 0.2) is 0 Å². The van der Waals surface area contributed by atoms with Crippen LogP contribution in [-0.2, 0) is 10.0 Å². The molecular weight excluding hydrogens is 288 g/mol. The van der Waals surface area contributed by atoms with Gasteiger partial charge in [-0.1, -0.05) is 26.1 Å². The SMILES string of the molecule is CSC1(C(N)=S)CCN(S(=O)(=O)CC(C)C)CC1. The lowest BCUT2D eigenvalue weighted by Gasteiger charge is -2.39. The fourth-order valence-corrected chi connectivity index (χ4v) is 5.24. The zero-order valence-corrected chi connectivity index (χ0v) is 13.6. The van der Waals surface area contributed by atoms with Crippen molar-refractivity contribution in [2.75, 3.05) is 25.1 Å². The quantitative estimate of drug-likeness (QED) is 0.779. The lowest BCUT2D eigenvalue weighted by atomic mass is 9.97. The smallest absolute Gasteiger partial charge is 0.214 e. The minimum absolute atomic E-state index is 0.151. The topological polar surface area (TPSA) is 63.4 Å². The maximum atomic E-state index is 12.1. The Morgan fingerprint density at radius 3 is 2.28 bits per heavy atom. The molecule has 0 radical (unpaired) electrons. The summed E-state index contributed by atoms with van der Waals surface area (Å²) < 4.78 is 25.6. The van der Waals surface area contributed by atoms with Crippen LogP contribution in [0.2, 0.25) is 0 Å². The van der Waals surface area contributed by atoms with E-state index in [-0.39, 0.29) is 16.4 Å². The van der Waals surface area contributed by atoms with Crippen molar-refractivity contribution in [3.05, 3.63) is 0 Å². The summed E-state index contributed by atoms with van der Waals surface area (Å²) in [6.07, 6.45) is 3.40. The molecular formula is C11H22N2O2S3. The van der Waals surface area contributed by atoms with E-state index in [9.17, 15) is 8.42 Å². The minimum atomic E-state index is -3.13. The highest BCUT2D eigenvalue weighted by atomic mass is 32.2. The van der Waals surface area contributed by atoms with Crippen LogP contribution in [0.5, 0.6) is 0 Å². The number of sulfonamides is 1. The Labute approximate surface area is 120 Å². The number of nitrogens with zero attached hydrogens (tertiary/aromatic N) is 1. The molecule has 0 unspecified atom stereocenters. The molecule has 1 fully saturated rings. The van der Waals surface area contributed by atoms with Gasteiger partial charge in [-0.25, -0.2) is 12.7 Å². The van der Waals surface area contributed by atoms with Gasteiger partial charge in [0.1, 0.15) is 0 Å². The highest BCUT2D eigenvalue weighted by Gasteiger charge is 2.39. The van der Waals surface area contributed by atoms with Crippen LogP contribution in [0.15, 0.2) is 0 Å². The van der Waals surface area contributed by atoms with E-state index in [1.54, 1.807) is 16.1 Å². The summed E-state index contributed by atoms with van der Waals surface area (Å²) in [6, 6.07) is 0. The van der Waals surface area contributed by atoms with Crippen molar-refractivity contribution in [2.24, 2.45) is 11.7 Å². The largest absolute Gasteiger partial charge is 0.392 e. The van der Waals surface area contributed by atoms with E-state index >= 15 is 0 Å². The Kier molecular flexibility index (Phi) is 5.46. The third-order valence-corrected chi connectivity index (χ3v) is 7.48. The van der Waals surface area contributed by atoms with Gasteiger partial charge in [0, 0.05) is 13.1 Å². The van der Waals surface area contributed by atoms with E-state index in [2.05, 4.69) is 0 Å². The average molecular weight is 311 g/mol. The molecule has 106 valence electrons. The van der Waals surface area contributed by atoms with Crippen LogP contribution in [0.3, 0.4) is 0 Å². The molecule has 0 amide bonds. The molecule has 18 heavy (non-hydrogen) atoms. The lowest BCUT2D eigenvalue weighted by Crippen LogP contribution is -2.51. The highest BCUT2D eigenvalue weighted by molar-refractivity contribution is 8.02. The van der Waals surface area contributed by atoms with E-state index in [4.69, 9.17) is 18.0 Å². The summed E-state index contributed by atoms with van der Waals surface area (Å²) in [4.78, 5) is 0.496. The summed E-state index contributed by atoms with van der Waals surface area (Å²) >= 11 is 6.76. The van der Waals surface area contributed by atoms with Crippen molar-refractivity contribution in [3.63, 3.8) is 0 Å². The second kappa shape index (κ2) is 6.07. The predicted molar refractivity (Wildman–Crippen MR) is 82.5 cm³/mol. The molecule has 1 heterocycles. The minimum Gasteiger partial charge on any atom is -0.392 e. The molecule has 4 nitrogen and oxygen atoms in total. The van der Waals surface area contributed by atoms with E-state index in [0.717, 1.165) is 0 Å². The zero-order chi connectivity index (χ0) is 14.0. The molecule has 0 aromatic heterocycles. The van der Waals surface area contributed by atoms with Crippen LogP contribution in [0.25, 0.3) is 0 Å². The summed E-state index contributed by atoms with van der Waals surface area (Å²) in [5, 5.41) is 0. The van der Waals surface area contributed by atoms with Gasteiger partial charge in [0.05, 0.1) is 15.5 Å². The summed E-state index contributed by atoms with van der Waals surface area (Å²) in [5.41, 5.74) is 5.79. The van der Waals surface area contributed by atoms with Crippen molar-refractivity contribution in [1.82, 2.24) is 4.31 Å². The Hall–Kier alpha value is 0.150. The first-order valence-corrected chi connectivity index (χ1v) is 9.30. The van der Waals surface area contributed by atoms with Gasteiger partial charge in [-0.2, -0.15) is 11.8 Å². The Bertz CT molecular complexity index is 399. The highest BCUT2D eigenvalue weighted by Crippen LogP contribution is 2.35. The molecule has 0 atom stereocenters. The first kappa shape index (κ1) is 16.2. The lowest BCUT2D eigenvalue weighted by molar-refractivity contribution is 0.331. The van der Waals surface area contributed by atoms with E-state index < -0.39 is 10.0 Å². The molecule has 0 aliphatic carbocycles. The first-order chi connectivity index (χ1) is 8.23. The Balaban J connectivity index is 2.72. The number of piperidine rings is 1. The van der Waals surface area contributed by atoms with Gasteiger partial charge in [-0.15, -0.1) is 0 Å². The Morgan fingerprint density at radius 2 is 1.94 bits per heavy atom. The molecule has 1 aliphatic rings. The van der Waals surface area contributed by atoms with Crippen LogP contribution in [-0.4, -0.2) is 47.6 Å². The summed E-state index contributed by atoms with van der Waals surface area (Å²) in [5.74, 6) is 0.365. The maximum Gasteiger partial charge on any atom is 0.214 e. The summed E-state index contributed by atoms with van der Waals surface area (Å²) in [7, 11) is -3.13. The monoisotopic (exact) mass is 310 g/mol. The molecule has 1 aliphatic heterocycles. The van der Waals surface area contributed by atoms with Gasteiger partial charge in [0.25, 0.3) is 0 Å². The number of thiocarbonyl (C=S) groups is 1. The molecule has 1 saturated heterocycles. The van der Waals surface area contributed by atoms with Crippen molar-refractivity contribution < 1.29 is 8.42 Å². The normalized spacial score (nSPS) is 21.1. The zero-order valence-electron chi connectivity index (χ0n) is 11.2. The standard InChI is InChI=1S/C11H22N2O2S3/c1-9(2)8-18(14,15)13-6-4-11(17-3,5-7-13)10(12)16/h9H,4-8H2,1-3H3,(H2,12,16). The fraction of sp³-hybridized carbons (Fsp3) is 0.909. The first-order valence-electron chi connectivity index (χ1n) is 6.06. The van der Waals surface area contributed by atoms with Crippen LogP contribution in [0, 0.1) is 5.92 Å². The van der Waals surface area contributed by atoms with Crippen molar-refractivity contribution in [1.29, 1.82) is 0 Å². The van der Waals surface area contributed by atoms with Crippen LogP contribution in [0.4, 0.5) is 0 Å². The molecule has 2 N–H and O–H groups in total. The molecule has 0 spiro atoms. The van der Waals surface area contributed by atoms with E-state index in [0.29, 0.717) is 30.9 Å². The van der Waals surface area contributed by atoms with Crippen LogP contribution >= 0.6 is 24.0 Å². The van der Waals surface area contributed by atoms with Crippen LogP contribution in [0.1, 0.15) is 26.7 Å².